The maximum absolute atomic E-state index is 12.6. The molecule has 0 unspecified atom stereocenters. The highest BCUT2D eigenvalue weighted by atomic mass is 35.5. The lowest BCUT2D eigenvalue weighted by atomic mass is 9.91. The van der Waals surface area contributed by atoms with E-state index in [-0.39, 0.29) is 18.1 Å². The van der Waals surface area contributed by atoms with E-state index in [0.717, 1.165) is 38.6 Å². The van der Waals surface area contributed by atoms with Gasteiger partial charge in [0.05, 0.1) is 10.7 Å². The van der Waals surface area contributed by atoms with Crippen LogP contribution in [-0.2, 0) is 0 Å². The van der Waals surface area contributed by atoms with Gasteiger partial charge in [0.1, 0.15) is 0 Å². The van der Waals surface area contributed by atoms with Gasteiger partial charge in [0.25, 0.3) is 0 Å². The topological polar surface area (TPSA) is 58.4 Å². The van der Waals surface area contributed by atoms with Crippen molar-refractivity contribution in [3.05, 3.63) is 29.3 Å². The number of rotatable bonds is 4. The Kier molecular flexibility index (Phi) is 5.88. The summed E-state index contributed by atoms with van der Waals surface area (Å²) in [6, 6.07) is 7.83. The van der Waals surface area contributed by atoms with Crippen LogP contribution in [0.3, 0.4) is 0 Å². The molecule has 5 heteroatoms. The molecule has 1 saturated carbocycles. The molecular weight excluding hydrogens is 286 g/mol. The minimum absolute atomic E-state index is 0.0644. The number of para-hydroxylation sites is 1. The number of nitrogens with zero attached hydrogens (tertiary/aromatic N) is 1. The zero-order valence-electron chi connectivity index (χ0n) is 12.5. The van der Waals surface area contributed by atoms with Crippen molar-refractivity contribution in [1.82, 2.24) is 4.90 Å². The Balaban J connectivity index is 2.03. The van der Waals surface area contributed by atoms with Crippen molar-refractivity contribution in [1.29, 1.82) is 0 Å². The van der Waals surface area contributed by atoms with Gasteiger partial charge in [-0.2, -0.15) is 0 Å². The summed E-state index contributed by atoms with van der Waals surface area (Å²) in [7, 11) is 0. The molecule has 1 fully saturated rings. The molecule has 3 N–H and O–H groups in total. The van der Waals surface area contributed by atoms with E-state index in [9.17, 15) is 4.79 Å². The number of halogens is 1. The summed E-state index contributed by atoms with van der Waals surface area (Å²) in [6.07, 6.45) is 4.89. The van der Waals surface area contributed by atoms with Gasteiger partial charge in [-0.3, -0.25) is 0 Å². The summed E-state index contributed by atoms with van der Waals surface area (Å²) in [4.78, 5) is 14.5. The van der Waals surface area contributed by atoms with E-state index in [2.05, 4.69) is 12.2 Å². The number of hydrogen-bond donors (Lipinski definition) is 2. The lowest BCUT2D eigenvalue weighted by Crippen LogP contribution is -2.46. The number of anilines is 1. The molecule has 21 heavy (non-hydrogen) atoms. The van der Waals surface area contributed by atoms with E-state index in [1.165, 1.54) is 0 Å². The van der Waals surface area contributed by atoms with Crippen LogP contribution in [0.4, 0.5) is 10.5 Å². The first-order valence-corrected chi connectivity index (χ1v) is 8.07. The van der Waals surface area contributed by atoms with Crippen LogP contribution < -0.4 is 11.1 Å². The number of amides is 2. The van der Waals surface area contributed by atoms with Crippen molar-refractivity contribution < 1.29 is 4.79 Å². The average Bonchev–Trinajstić information content (AvgIpc) is 2.48. The largest absolute Gasteiger partial charge is 0.328 e. The fraction of sp³-hybridized carbons (Fsp3) is 0.562. The molecule has 2 rings (SSSR count). The fourth-order valence-corrected chi connectivity index (χ4v) is 3.04. The van der Waals surface area contributed by atoms with Gasteiger partial charge in [-0.1, -0.05) is 30.7 Å². The standard InChI is InChI=1S/C16H24ClN3O/c1-2-11-20(13-9-7-12(18)8-10-13)16(21)19-15-6-4-3-5-14(15)17/h3-6,12-13H,2,7-11,18H2,1H3,(H,19,21). The van der Waals surface area contributed by atoms with Gasteiger partial charge in [-0.15, -0.1) is 0 Å². The van der Waals surface area contributed by atoms with Crippen molar-refractivity contribution in [2.45, 2.75) is 51.1 Å². The summed E-state index contributed by atoms with van der Waals surface area (Å²) < 4.78 is 0. The predicted molar refractivity (Wildman–Crippen MR) is 87.7 cm³/mol. The third kappa shape index (κ3) is 4.35. The Hall–Kier alpha value is -1.26. The summed E-state index contributed by atoms with van der Waals surface area (Å²) in [5, 5.41) is 3.49. The van der Waals surface area contributed by atoms with E-state index in [1.807, 2.05) is 23.1 Å². The Labute approximate surface area is 131 Å². The van der Waals surface area contributed by atoms with Gasteiger partial charge >= 0.3 is 6.03 Å². The first-order chi connectivity index (χ1) is 10.1. The Bertz CT molecular complexity index is 472. The van der Waals surface area contributed by atoms with Crippen LogP contribution in [0.15, 0.2) is 24.3 Å². The van der Waals surface area contributed by atoms with Crippen molar-refractivity contribution in [3.8, 4) is 0 Å². The summed E-state index contributed by atoms with van der Waals surface area (Å²) in [5.74, 6) is 0. The second-order valence-electron chi connectivity index (χ2n) is 5.67. The Morgan fingerprint density at radius 2 is 2.00 bits per heavy atom. The third-order valence-corrected chi connectivity index (χ3v) is 4.35. The molecule has 0 saturated heterocycles. The SMILES string of the molecule is CCCN(C(=O)Nc1ccccc1Cl)C1CCC(N)CC1. The van der Waals surface area contributed by atoms with Crippen LogP contribution in [0.2, 0.25) is 5.02 Å². The molecule has 0 aromatic heterocycles. The number of urea groups is 1. The number of carbonyl (C=O) groups excluding carboxylic acids is 1. The molecule has 0 spiro atoms. The van der Waals surface area contributed by atoms with Gasteiger partial charge in [0, 0.05) is 18.6 Å². The highest BCUT2D eigenvalue weighted by Crippen LogP contribution is 2.25. The van der Waals surface area contributed by atoms with Gasteiger partial charge in [-0.05, 0) is 44.2 Å². The van der Waals surface area contributed by atoms with Crippen LogP contribution >= 0.6 is 11.6 Å². The van der Waals surface area contributed by atoms with E-state index < -0.39 is 0 Å². The number of carbonyl (C=O) groups is 1. The summed E-state index contributed by atoms with van der Waals surface area (Å²) >= 11 is 6.11. The molecule has 116 valence electrons. The van der Waals surface area contributed by atoms with Crippen LogP contribution in [-0.4, -0.2) is 29.6 Å². The zero-order valence-corrected chi connectivity index (χ0v) is 13.3. The third-order valence-electron chi connectivity index (χ3n) is 4.02. The molecule has 2 amide bonds. The lowest BCUT2D eigenvalue weighted by Gasteiger charge is -2.36. The Morgan fingerprint density at radius 1 is 1.33 bits per heavy atom. The maximum atomic E-state index is 12.6. The van der Waals surface area contributed by atoms with Gasteiger partial charge in [-0.25, -0.2) is 4.79 Å². The number of nitrogens with one attached hydrogen (secondary N) is 1. The minimum atomic E-state index is -0.0644. The number of hydrogen-bond acceptors (Lipinski definition) is 2. The van der Waals surface area contributed by atoms with Gasteiger partial charge < -0.3 is 16.0 Å². The van der Waals surface area contributed by atoms with Crippen LogP contribution in [0.1, 0.15) is 39.0 Å². The molecule has 0 heterocycles. The van der Waals surface area contributed by atoms with Crippen LogP contribution in [0.5, 0.6) is 0 Å². The highest BCUT2D eigenvalue weighted by Gasteiger charge is 2.27. The van der Waals surface area contributed by atoms with E-state index in [4.69, 9.17) is 17.3 Å². The molecule has 0 bridgehead atoms. The second kappa shape index (κ2) is 7.66. The second-order valence-corrected chi connectivity index (χ2v) is 6.08. The molecule has 0 aliphatic heterocycles. The Morgan fingerprint density at radius 3 is 2.62 bits per heavy atom. The van der Waals surface area contributed by atoms with E-state index in [1.54, 1.807) is 6.07 Å². The predicted octanol–water partition coefficient (Wildman–Crippen LogP) is 3.85. The molecule has 1 aromatic rings. The summed E-state index contributed by atoms with van der Waals surface area (Å²) in [5.41, 5.74) is 6.62. The summed E-state index contributed by atoms with van der Waals surface area (Å²) in [6.45, 7) is 2.85. The average molecular weight is 310 g/mol. The van der Waals surface area contributed by atoms with Gasteiger partial charge in [0.15, 0.2) is 0 Å². The highest BCUT2D eigenvalue weighted by molar-refractivity contribution is 6.33. The quantitative estimate of drug-likeness (QED) is 0.887. The lowest BCUT2D eigenvalue weighted by molar-refractivity contribution is 0.163. The molecule has 0 radical (unpaired) electrons. The smallest absolute Gasteiger partial charge is 0.322 e. The van der Waals surface area contributed by atoms with E-state index in [0.29, 0.717) is 10.7 Å². The first-order valence-electron chi connectivity index (χ1n) is 7.69. The molecule has 0 atom stereocenters. The minimum Gasteiger partial charge on any atom is -0.328 e. The molecule has 4 nitrogen and oxygen atoms in total. The number of nitrogens with two attached hydrogens (primary N) is 1. The molecule has 1 aliphatic rings. The number of benzene rings is 1. The molecule has 1 aromatic carbocycles. The van der Waals surface area contributed by atoms with Crippen LogP contribution in [0, 0.1) is 0 Å². The van der Waals surface area contributed by atoms with Crippen molar-refractivity contribution in [3.63, 3.8) is 0 Å². The zero-order chi connectivity index (χ0) is 15.2. The fourth-order valence-electron chi connectivity index (χ4n) is 2.85. The van der Waals surface area contributed by atoms with E-state index >= 15 is 0 Å². The van der Waals surface area contributed by atoms with Crippen molar-refractivity contribution in [2.75, 3.05) is 11.9 Å². The molecule has 1 aliphatic carbocycles. The molecular formula is C16H24ClN3O. The van der Waals surface area contributed by atoms with Crippen LogP contribution in [0.25, 0.3) is 0 Å². The monoisotopic (exact) mass is 309 g/mol. The normalized spacial score (nSPS) is 21.9. The van der Waals surface area contributed by atoms with Crippen molar-refractivity contribution >= 4 is 23.3 Å². The van der Waals surface area contributed by atoms with Gasteiger partial charge in [0.2, 0.25) is 0 Å². The maximum Gasteiger partial charge on any atom is 0.322 e. The first kappa shape index (κ1) is 16.1. The van der Waals surface area contributed by atoms with Crippen molar-refractivity contribution in [2.24, 2.45) is 5.73 Å².